The third-order valence-electron chi connectivity index (χ3n) is 3.05. The summed E-state index contributed by atoms with van der Waals surface area (Å²) in [6.45, 7) is 0. The smallest absolute Gasteiger partial charge is 0.344 e. The minimum atomic E-state index is -4.39. The van der Waals surface area contributed by atoms with Crippen molar-refractivity contribution in [1.29, 1.82) is 0 Å². The van der Waals surface area contributed by atoms with Crippen molar-refractivity contribution in [3.05, 3.63) is 59.9 Å². The number of benzene rings is 2. The molecule has 0 aliphatic heterocycles. The number of anilines is 1. The van der Waals surface area contributed by atoms with Gasteiger partial charge in [0.1, 0.15) is 4.99 Å². The first-order chi connectivity index (χ1) is 10.4. The molecule has 2 aromatic carbocycles. The predicted molar refractivity (Wildman–Crippen MR) is 82.9 cm³/mol. The van der Waals surface area contributed by atoms with E-state index in [4.69, 9.17) is 12.2 Å². The number of thiocarbonyl (C=S) groups is 1. The maximum absolute atomic E-state index is 12.7. The second kappa shape index (κ2) is 5.42. The number of alkyl halides is 3. The largest absolute Gasteiger partial charge is 0.416 e. The molecule has 0 unspecified atom stereocenters. The molecule has 0 saturated heterocycles. The highest BCUT2D eigenvalue weighted by Crippen LogP contribution is 2.30. The molecule has 0 spiro atoms. The lowest BCUT2D eigenvalue weighted by molar-refractivity contribution is -0.137. The Morgan fingerprint density at radius 3 is 2.59 bits per heavy atom. The Bertz CT molecular complexity index is 806. The lowest BCUT2D eigenvalue weighted by atomic mass is 10.2. The molecule has 0 radical (unpaired) electrons. The van der Waals surface area contributed by atoms with Gasteiger partial charge >= 0.3 is 6.18 Å². The molecular weight excluding hydrogens is 311 g/mol. The summed E-state index contributed by atoms with van der Waals surface area (Å²) in [6, 6.07) is 12.2. The van der Waals surface area contributed by atoms with Crippen LogP contribution in [0.25, 0.3) is 11.0 Å². The van der Waals surface area contributed by atoms with E-state index in [1.807, 2.05) is 24.3 Å². The Morgan fingerprint density at radius 2 is 1.86 bits per heavy atom. The monoisotopic (exact) mass is 321 g/mol. The number of halogens is 3. The topological polar surface area (TPSA) is 40.7 Å². The molecule has 3 nitrogen and oxygen atoms in total. The van der Waals surface area contributed by atoms with Gasteiger partial charge in [-0.25, -0.2) is 4.98 Å². The summed E-state index contributed by atoms with van der Waals surface area (Å²) in [5.41, 5.74) is 1.08. The summed E-state index contributed by atoms with van der Waals surface area (Å²) < 4.78 is 38.1. The standard InChI is InChI=1S/C15H10F3N3S/c16-15(17,18)9-4-3-5-10(8-9)19-14(22)13-20-11-6-1-2-7-12(11)21-13/h1-8H,(H,19,22)(H,20,21). The van der Waals surface area contributed by atoms with Crippen LogP contribution in [-0.4, -0.2) is 15.0 Å². The van der Waals surface area contributed by atoms with E-state index in [1.54, 1.807) is 0 Å². The maximum atomic E-state index is 12.7. The van der Waals surface area contributed by atoms with Crippen molar-refractivity contribution in [2.75, 3.05) is 5.32 Å². The van der Waals surface area contributed by atoms with Crippen molar-refractivity contribution in [3.63, 3.8) is 0 Å². The van der Waals surface area contributed by atoms with Gasteiger partial charge in [-0.1, -0.05) is 30.4 Å². The number of imidazole rings is 1. The normalized spacial score (nSPS) is 11.6. The molecule has 0 amide bonds. The number of nitrogens with one attached hydrogen (secondary N) is 2. The van der Waals surface area contributed by atoms with Crippen LogP contribution >= 0.6 is 12.2 Å². The van der Waals surface area contributed by atoms with Gasteiger partial charge in [0, 0.05) is 5.69 Å². The van der Waals surface area contributed by atoms with E-state index >= 15 is 0 Å². The lowest BCUT2D eigenvalue weighted by Gasteiger charge is -2.10. The number of fused-ring (bicyclic) bond motifs is 1. The number of aromatic nitrogens is 2. The zero-order valence-corrected chi connectivity index (χ0v) is 11.9. The van der Waals surface area contributed by atoms with E-state index in [2.05, 4.69) is 15.3 Å². The summed E-state index contributed by atoms with van der Waals surface area (Å²) >= 11 is 5.19. The predicted octanol–water partition coefficient (Wildman–Crippen LogP) is 4.37. The first kappa shape index (κ1) is 14.5. The van der Waals surface area contributed by atoms with Crippen LogP contribution in [0.5, 0.6) is 0 Å². The number of nitrogens with zero attached hydrogens (tertiary/aromatic N) is 1. The SMILES string of the molecule is FC(F)(F)c1cccc(NC(=S)c2nc3ccccc3[nH]2)c1. The minimum absolute atomic E-state index is 0.232. The second-order valence-corrected chi connectivity index (χ2v) is 5.04. The third kappa shape index (κ3) is 2.94. The summed E-state index contributed by atoms with van der Waals surface area (Å²) in [7, 11) is 0. The molecule has 1 aromatic heterocycles. The van der Waals surface area contributed by atoms with E-state index in [9.17, 15) is 13.2 Å². The van der Waals surface area contributed by atoms with Crippen molar-refractivity contribution in [1.82, 2.24) is 9.97 Å². The highest BCUT2D eigenvalue weighted by Gasteiger charge is 2.30. The van der Waals surface area contributed by atoms with Gasteiger partial charge in [0.25, 0.3) is 0 Å². The van der Waals surface area contributed by atoms with Crippen LogP contribution in [0.2, 0.25) is 0 Å². The Hall–Kier alpha value is -2.41. The molecule has 1 heterocycles. The Labute approximate surface area is 129 Å². The van der Waals surface area contributed by atoms with Gasteiger partial charge in [-0.05, 0) is 30.3 Å². The molecule has 0 aliphatic carbocycles. The summed E-state index contributed by atoms with van der Waals surface area (Å²) in [5, 5.41) is 2.77. The van der Waals surface area contributed by atoms with E-state index in [-0.39, 0.29) is 10.7 Å². The molecule has 0 atom stereocenters. The van der Waals surface area contributed by atoms with Gasteiger partial charge in [-0.2, -0.15) is 13.2 Å². The highest BCUT2D eigenvalue weighted by atomic mass is 32.1. The van der Waals surface area contributed by atoms with Crippen LogP contribution < -0.4 is 5.32 Å². The quantitative estimate of drug-likeness (QED) is 0.689. The van der Waals surface area contributed by atoms with Gasteiger partial charge < -0.3 is 10.3 Å². The molecule has 0 aliphatic rings. The average Bonchev–Trinajstić information content (AvgIpc) is 2.90. The van der Waals surface area contributed by atoms with Gasteiger partial charge in [0.2, 0.25) is 0 Å². The zero-order valence-electron chi connectivity index (χ0n) is 11.1. The van der Waals surface area contributed by atoms with Gasteiger partial charge in [0.05, 0.1) is 16.6 Å². The van der Waals surface area contributed by atoms with Crippen molar-refractivity contribution in [2.24, 2.45) is 0 Å². The molecule has 0 fully saturated rings. The molecule has 22 heavy (non-hydrogen) atoms. The van der Waals surface area contributed by atoms with Crippen LogP contribution in [0.15, 0.2) is 48.5 Å². The highest BCUT2D eigenvalue weighted by molar-refractivity contribution is 7.81. The van der Waals surface area contributed by atoms with Crippen LogP contribution in [0.4, 0.5) is 18.9 Å². The van der Waals surface area contributed by atoms with Crippen LogP contribution in [0.3, 0.4) is 0 Å². The van der Waals surface area contributed by atoms with Crippen molar-refractivity contribution in [3.8, 4) is 0 Å². The third-order valence-corrected chi connectivity index (χ3v) is 3.35. The average molecular weight is 321 g/mol. The fourth-order valence-corrected chi connectivity index (χ4v) is 2.24. The number of hydrogen-bond donors (Lipinski definition) is 2. The van der Waals surface area contributed by atoms with Crippen LogP contribution in [0.1, 0.15) is 11.4 Å². The van der Waals surface area contributed by atoms with Gasteiger partial charge in [0.15, 0.2) is 5.82 Å². The molecule has 0 saturated carbocycles. The molecule has 0 bridgehead atoms. The second-order valence-electron chi connectivity index (χ2n) is 4.64. The number of H-pyrrole nitrogens is 1. The zero-order chi connectivity index (χ0) is 15.7. The number of rotatable bonds is 2. The number of hydrogen-bond acceptors (Lipinski definition) is 2. The van der Waals surface area contributed by atoms with E-state index in [0.717, 1.165) is 23.2 Å². The molecule has 7 heteroatoms. The Kier molecular flexibility index (Phi) is 3.58. The summed E-state index contributed by atoms with van der Waals surface area (Å²) in [5.74, 6) is 0.411. The Balaban J connectivity index is 1.85. The number of para-hydroxylation sites is 2. The summed E-state index contributed by atoms with van der Waals surface area (Å²) in [4.78, 5) is 7.55. The maximum Gasteiger partial charge on any atom is 0.416 e. The van der Waals surface area contributed by atoms with Gasteiger partial charge in [-0.3, -0.25) is 0 Å². The molecular formula is C15H10F3N3S. The Morgan fingerprint density at radius 1 is 1.09 bits per heavy atom. The van der Waals surface area contributed by atoms with Gasteiger partial charge in [-0.15, -0.1) is 0 Å². The molecule has 3 rings (SSSR count). The molecule has 3 aromatic rings. The minimum Gasteiger partial charge on any atom is -0.344 e. The van der Waals surface area contributed by atoms with Crippen molar-refractivity contribution >= 4 is 33.9 Å². The lowest BCUT2D eigenvalue weighted by Crippen LogP contribution is -2.13. The fourth-order valence-electron chi connectivity index (χ4n) is 2.02. The number of aromatic amines is 1. The molecule has 2 N–H and O–H groups in total. The first-order valence-corrected chi connectivity index (χ1v) is 6.78. The molecule has 112 valence electrons. The van der Waals surface area contributed by atoms with E-state index in [1.165, 1.54) is 12.1 Å². The first-order valence-electron chi connectivity index (χ1n) is 6.37. The van der Waals surface area contributed by atoms with Crippen LogP contribution in [-0.2, 0) is 6.18 Å². The van der Waals surface area contributed by atoms with Crippen molar-refractivity contribution < 1.29 is 13.2 Å². The van der Waals surface area contributed by atoms with E-state index in [0.29, 0.717) is 5.82 Å². The fraction of sp³-hybridized carbons (Fsp3) is 0.0667. The van der Waals surface area contributed by atoms with E-state index < -0.39 is 11.7 Å². The van der Waals surface area contributed by atoms with Crippen molar-refractivity contribution in [2.45, 2.75) is 6.18 Å². The summed E-state index contributed by atoms with van der Waals surface area (Å²) in [6.07, 6.45) is -4.39. The van der Waals surface area contributed by atoms with Crippen LogP contribution in [0, 0.1) is 0 Å².